The van der Waals surface area contributed by atoms with Crippen molar-refractivity contribution in [2.24, 2.45) is 0 Å². The van der Waals surface area contributed by atoms with E-state index >= 15 is 0 Å². The number of nitrogens with zero attached hydrogens (tertiary/aromatic N) is 3. The molecule has 0 aliphatic carbocycles. The van der Waals surface area contributed by atoms with Crippen molar-refractivity contribution in [2.45, 2.75) is 20.0 Å². The molecule has 0 radical (unpaired) electrons. The maximum absolute atomic E-state index is 13.6. The highest BCUT2D eigenvalue weighted by molar-refractivity contribution is 6.34. The Morgan fingerprint density at radius 3 is 2.44 bits per heavy atom. The summed E-state index contributed by atoms with van der Waals surface area (Å²) >= 11 is 6.29. The van der Waals surface area contributed by atoms with Crippen LogP contribution < -0.4 is 9.80 Å². The van der Waals surface area contributed by atoms with E-state index in [1.165, 1.54) is 0 Å². The van der Waals surface area contributed by atoms with Gasteiger partial charge in [-0.25, -0.2) is 0 Å². The number of benzene rings is 3. The molecule has 2 amide bonds. The Morgan fingerprint density at radius 1 is 0.912 bits per heavy atom. The first-order valence-electron chi connectivity index (χ1n) is 11.1. The van der Waals surface area contributed by atoms with Crippen molar-refractivity contribution in [1.29, 1.82) is 0 Å². The zero-order valence-electron chi connectivity index (χ0n) is 19.0. The van der Waals surface area contributed by atoms with Gasteiger partial charge >= 0.3 is 0 Å². The predicted molar refractivity (Wildman–Crippen MR) is 136 cm³/mol. The van der Waals surface area contributed by atoms with Crippen molar-refractivity contribution in [3.63, 3.8) is 0 Å². The highest BCUT2D eigenvalue weighted by Crippen LogP contribution is 2.30. The Bertz CT molecular complexity index is 1390. The number of aromatic nitrogens is 1. The summed E-state index contributed by atoms with van der Waals surface area (Å²) in [5.74, 6) is -0.282. The molecule has 170 valence electrons. The lowest BCUT2D eigenvalue weighted by molar-refractivity contribution is 0.0981. The van der Waals surface area contributed by atoms with Gasteiger partial charge in [0.15, 0.2) is 0 Å². The zero-order valence-corrected chi connectivity index (χ0v) is 19.8. The Morgan fingerprint density at radius 2 is 1.68 bits per heavy atom. The number of carbonyl (C=O) groups excluding carboxylic acids is 2. The third-order valence-corrected chi connectivity index (χ3v) is 6.59. The molecule has 0 spiro atoms. The van der Waals surface area contributed by atoms with E-state index in [2.05, 4.69) is 10.6 Å². The van der Waals surface area contributed by atoms with E-state index in [0.29, 0.717) is 28.4 Å². The fourth-order valence-electron chi connectivity index (χ4n) is 4.34. The van der Waals surface area contributed by atoms with Gasteiger partial charge < -0.3 is 14.4 Å². The molecule has 0 unspecified atom stereocenters. The van der Waals surface area contributed by atoms with E-state index in [1.54, 1.807) is 48.3 Å². The highest BCUT2D eigenvalue weighted by atomic mass is 35.5. The molecule has 1 aromatic heterocycles. The van der Waals surface area contributed by atoms with E-state index in [9.17, 15) is 9.59 Å². The monoisotopic (exact) mass is 469 g/mol. The summed E-state index contributed by atoms with van der Waals surface area (Å²) in [7, 11) is 1.70. The average Bonchev–Trinajstić information content (AvgIpc) is 3.22. The van der Waals surface area contributed by atoms with E-state index < -0.39 is 0 Å². The van der Waals surface area contributed by atoms with Crippen LogP contribution in [-0.4, -0.2) is 23.4 Å². The smallest absolute Gasteiger partial charge is 0.259 e. The van der Waals surface area contributed by atoms with E-state index in [1.807, 2.05) is 54.4 Å². The Kier molecular flexibility index (Phi) is 5.72. The standard InChI is InChI=1S/C28H24ClN3O2/c1-19-9-14-24(25(29)16-19)28(34)30(2)22-12-10-20(11-13-22)27(33)32-18-23-7-5-15-31(23)17-21-6-3-4-8-26(21)32/h3-16H,17-18H2,1-2H3. The number of anilines is 2. The Hall–Kier alpha value is -3.83. The van der Waals surface area contributed by atoms with Gasteiger partial charge in [0.2, 0.25) is 0 Å². The first kappa shape index (κ1) is 22.0. The third kappa shape index (κ3) is 3.99. The zero-order chi connectivity index (χ0) is 23.8. The van der Waals surface area contributed by atoms with Crippen LogP contribution in [0.3, 0.4) is 0 Å². The average molecular weight is 470 g/mol. The largest absolute Gasteiger partial charge is 0.345 e. The quantitative estimate of drug-likeness (QED) is 0.373. The molecule has 0 bridgehead atoms. The summed E-state index contributed by atoms with van der Waals surface area (Å²) in [4.78, 5) is 29.9. The molecule has 0 N–H and O–H groups in total. The Balaban J connectivity index is 1.41. The van der Waals surface area contributed by atoms with Gasteiger partial charge in [0.05, 0.1) is 17.1 Å². The van der Waals surface area contributed by atoms with Crippen LogP contribution in [0.5, 0.6) is 0 Å². The van der Waals surface area contributed by atoms with Crippen LogP contribution in [0.1, 0.15) is 37.5 Å². The van der Waals surface area contributed by atoms with Gasteiger partial charge in [-0.1, -0.05) is 35.9 Å². The first-order chi connectivity index (χ1) is 16.4. The number of aryl methyl sites for hydroxylation is 1. The molecule has 3 aromatic carbocycles. The number of fused-ring (bicyclic) bond motifs is 2. The van der Waals surface area contributed by atoms with Gasteiger partial charge in [0.25, 0.3) is 11.8 Å². The van der Waals surface area contributed by atoms with Gasteiger partial charge in [-0.3, -0.25) is 9.59 Å². The second kappa shape index (κ2) is 8.84. The maximum atomic E-state index is 13.6. The molecule has 5 nitrogen and oxygen atoms in total. The second-order valence-corrected chi connectivity index (χ2v) is 8.95. The molecule has 0 atom stereocenters. The van der Waals surface area contributed by atoms with Gasteiger partial charge in [-0.05, 0) is 72.6 Å². The predicted octanol–water partition coefficient (Wildman–Crippen LogP) is 5.94. The lowest BCUT2D eigenvalue weighted by atomic mass is 10.1. The molecule has 4 aromatic rings. The molecule has 1 aliphatic heterocycles. The summed E-state index contributed by atoms with van der Waals surface area (Å²) in [6.45, 7) is 3.16. The molecule has 34 heavy (non-hydrogen) atoms. The van der Waals surface area contributed by atoms with Gasteiger partial charge in [-0.15, -0.1) is 0 Å². The fraction of sp³-hybridized carbons (Fsp3) is 0.143. The van der Waals surface area contributed by atoms with Crippen LogP contribution in [0, 0.1) is 6.92 Å². The summed E-state index contributed by atoms with van der Waals surface area (Å²) in [5, 5.41) is 0.424. The lowest BCUT2D eigenvalue weighted by Gasteiger charge is -2.23. The molecule has 0 fully saturated rings. The summed E-state index contributed by atoms with van der Waals surface area (Å²) in [6, 6.07) is 24.6. The summed E-state index contributed by atoms with van der Waals surface area (Å²) < 4.78 is 2.17. The third-order valence-electron chi connectivity index (χ3n) is 6.27. The van der Waals surface area contributed by atoms with Crippen LogP contribution in [0.4, 0.5) is 11.4 Å². The number of hydrogen-bond donors (Lipinski definition) is 0. The number of amides is 2. The molecule has 2 heterocycles. The number of rotatable bonds is 3. The van der Waals surface area contributed by atoms with Crippen LogP contribution in [0.15, 0.2) is 85.1 Å². The molecule has 1 aliphatic rings. The van der Waals surface area contributed by atoms with Crippen molar-refractivity contribution in [3.05, 3.63) is 118 Å². The number of carbonyl (C=O) groups is 2. The Labute approximate surface area is 203 Å². The molecule has 0 saturated carbocycles. The van der Waals surface area contributed by atoms with Crippen molar-refractivity contribution in [3.8, 4) is 0 Å². The van der Waals surface area contributed by atoms with E-state index in [0.717, 1.165) is 29.1 Å². The molecule has 6 heteroatoms. The van der Waals surface area contributed by atoms with E-state index in [-0.39, 0.29) is 11.8 Å². The summed E-state index contributed by atoms with van der Waals surface area (Å²) in [5.41, 5.74) is 5.79. The van der Waals surface area contributed by atoms with Crippen LogP contribution in [0.2, 0.25) is 5.02 Å². The summed E-state index contributed by atoms with van der Waals surface area (Å²) in [6.07, 6.45) is 2.04. The van der Waals surface area contributed by atoms with Gasteiger partial charge in [-0.2, -0.15) is 0 Å². The van der Waals surface area contributed by atoms with Crippen molar-refractivity contribution >= 4 is 34.8 Å². The number of para-hydroxylation sites is 1. The minimum atomic E-state index is -0.203. The molecule has 0 saturated heterocycles. The van der Waals surface area contributed by atoms with Crippen LogP contribution in [-0.2, 0) is 13.1 Å². The maximum Gasteiger partial charge on any atom is 0.259 e. The minimum absolute atomic E-state index is 0.0794. The van der Waals surface area contributed by atoms with Gasteiger partial charge in [0, 0.05) is 42.4 Å². The first-order valence-corrected chi connectivity index (χ1v) is 11.5. The van der Waals surface area contributed by atoms with Crippen molar-refractivity contribution in [2.75, 3.05) is 16.8 Å². The van der Waals surface area contributed by atoms with Crippen molar-refractivity contribution < 1.29 is 9.59 Å². The van der Waals surface area contributed by atoms with Crippen LogP contribution in [0.25, 0.3) is 0 Å². The minimum Gasteiger partial charge on any atom is -0.345 e. The highest BCUT2D eigenvalue weighted by Gasteiger charge is 2.25. The molecule has 5 rings (SSSR count). The normalized spacial score (nSPS) is 12.5. The molecular formula is C28H24ClN3O2. The number of halogens is 1. The number of hydrogen-bond acceptors (Lipinski definition) is 2. The van der Waals surface area contributed by atoms with Crippen LogP contribution >= 0.6 is 11.6 Å². The SMILES string of the molecule is Cc1ccc(C(=O)N(C)c2ccc(C(=O)N3Cc4cccn4Cc4ccccc43)cc2)c(Cl)c1. The second-order valence-electron chi connectivity index (χ2n) is 8.54. The molecular weight excluding hydrogens is 446 g/mol. The lowest BCUT2D eigenvalue weighted by Crippen LogP contribution is -2.31. The topological polar surface area (TPSA) is 45.6 Å². The van der Waals surface area contributed by atoms with Gasteiger partial charge in [0.1, 0.15) is 0 Å². The van der Waals surface area contributed by atoms with E-state index in [4.69, 9.17) is 11.6 Å². The fourth-order valence-corrected chi connectivity index (χ4v) is 4.66. The van der Waals surface area contributed by atoms with Crippen molar-refractivity contribution in [1.82, 2.24) is 4.57 Å².